The van der Waals surface area contributed by atoms with Crippen LogP contribution in [0.15, 0.2) is 280 Å². The number of ether oxygens (including phenoxy) is 4. The van der Waals surface area contributed by atoms with E-state index in [9.17, 15) is 19.5 Å². The molecule has 82 heavy (non-hydrogen) atoms. The van der Waals surface area contributed by atoms with E-state index in [2.05, 4.69) is 110 Å². The van der Waals surface area contributed by atoms with Gasteiger partial charge in [0.25, 0.3) is 0 Å². The molecule has 8 heteroatoms. The van der Waals surface area contributed by atoms with Crippen molar-refractivity contribution in [2.75, 3.05) is 0 Å². The Balaban J connectivity index is 0.765. The number of esters is 3. The average molecular weight is 1070 g/mol. The highest BCUT2D eigenvalue weighted by Crippen LogP contribution is 2.61. The molecule has 0 saturated carbocycles. The van der Waals surface area contributed by atoms with Crippen molar-refractivity contribution in [1.29, 1.82) is 0 Å². The molecule has 2 unspecified atom stereocenters. The predicted octanol–water partition coefficient (Wildman–Crippen LogP) is 15.5. The summed E-state index contributed by atoms with van der Waals surface area (Å²) in [5.74, 6) is -0.256. The summed E-state index contributed by atoms with van der Waals surface area (Å²) >= 11 is 0. The van der Waals surface area contributed by atoms with Crippen molar-refractivity contribution < 1.29 is 38.4 Å². The number of hydrogen-bond acceptors (Lipinski definition) is 8. The minimum Gasteiger partial charge on any atom is -0.461 e. The van der Waals surface area contributed by atoms with Gasteiger partial charge in [0.2, 0.25) is 6.29 Å². The lowest BCUT2D eigenvalue weighted by Crippen LogP contribution is -2.29. The third kappa shape index (κ3) is 8.48. The Morgan fingerprint density at radius 3 is 1.16 bits per heavy atom. The van der Waals surface area contributed by atoms with Crippen LogP contribution in [0.2, 0.25) is 0 Å². The SMILES string of the molecule is C=CC(=O)Oc1ccc(C2(c3ccc(OC(=O)/C=C/C=C/C(=O)Oc4ccc(C5(c6ccc(OC(O)C=C)cc6)c6c(ccc7ccccc67)-c6ccc7ccccc7c65)cc4)cc3)c3ccccc3-c3ccc4ccccc4c32)cc1. The Labute approximate surface area is 473 Å². The van der Waals surface area contributed by atoms with Crippen LogP contribution < -0.4 is 18.9 Å². The molecule has 2 aliphatic carbocycles. The van der Waals surface area contributed by atoms with Gasteiger partial charge in [0.15, 0.2) is 0 Å². The maximum absolute atomic E-state index is 13.4. The average Bonchev–Trinajstić information content (AvgIpc) is 2.41. The summed E-state index contributed by atoms with van der Waals surface area (Å²) in [5.41, 5.74) is 11.1. The lowest BCUT2D eigenvalue weighted by Gasteiger charge is -2.35. The minimum absolute atomic E-state index is 0.332. The number of carbonyl (C=O) groups excluding carboxylic acids is 3. The predicted molar refractivity (Wildman–Crippen MR) is 322 cm³/mol. The molecule has 0 aromatic heterocycles. The van der Waals surface area contributed by atoms with Gasteiger partial charge < -0.3 is 24.1 Å². The second kappa shape index (κ2) is 20.9. The molecule has 0 radical (unpaired) electrons. The van der Waals surface area contributed by atoms with Crippen LogP contribution in [0.3, 0.4) is 0 Å². The molecule has 0 bridgehead atoms. The normalized spacial score (nSPS) is 14.9. The second-order valence-electron chi connectivity index (χ2n) is 20.2. The third-order valence-electron chi connectivity index (χ3n) is 15.8. The van der Waals surface area contributed by atoms with Gasteiger partial charge in [-0.3, -0.25) is 0 Å². The zero-order chi connectivity index (χ0) is 56.0. The number of allylic oxidation sites excluding steroid dienone is 2. The van der Waals surface area contributed by atoms with Crippen LogP contribution in [0, 0.1) is 0 Å². The maximum Gasteiger partial charge on any atom is 0.336 e. The lowest BCUT2D eigenvalue weighted by atomic mass is 9.66. The summed E-state index contributed by atoms with van der Waals surface area (Å²) in [6, 6.07) is 77.2. The van der Waals surface area contributed by atoms with Crippen LogP contribution in [0.25, 0.3) is 54.6 Å². The van der Waals surface area contributed by atoms with E-state index in [1.807, 2.05) is 97.1 Å². The van der Waals surface area contributed by atoms with E-state index in [0.29, 0.717) is 23.0 Å². The van der Waals surface area contributed by atoms with E-state index in [-0.39, 0.29) is 0 Å². The Morgan fingerprint density at radius 2 is 0.732 bits per heavy atom. The van der Waals surface area contributed by atoms with Gasteiger partial charge in [-0.05, 0) is 154 Å². The van der Waals surface area contributed by atoms with E-state index in [1.54, 1.807) is 36.4 Å². The Bertz CT molecular complexity index is 4350. The molecule has 0 aliphatic heterocycles. The van der Waals surface area contributed by atoms with Gasteiger partial charge in [0.05, 0.1) is 10.8 Å². The molecule has 13 rings (SSSR count). The van der Waals surface area contributed by atoms with Crippen molar-refractivity contribution in [3.8, 4) is 45.3 Å². The fourth-order valence-corrected chi connectivity index (χ4v) is 12.5. The van der Waals surface area contributed by atoms with Crippen LogP contribution in [-0.2, 0) is 25.2 Å². The summed E-state index contributed by atoms with van der Waals surface area (Å²) in [6.45, 7) is 7.20. The molecule has 11 aromatic carbocycles. The van der Waals surface area contributed by atoms with Crippen LogP contribution in [-0.4, -0.2) is 29.3 Å². The summed E-state index contributed by atoms with van der Waals surface area (Å²) < 4.78 is 22.9. The fraction of sp³-hybridized carbons (Fsp3) is 0.0405. The largest absolute Gasteiger partial charge is 0.461 e. The van der Waals surface area contributed by atoms with Gasteiger partial charge in [0.1, 0.15) is 23.0 Å². The highest BCUT2D eigenvalue weighted by molar-refractivity contribution is 6.06. The first kappa shape index (κ1) is 50.8. The molecular formula is C74H50O8. The number of hydrogen-bond donors (Lipinski definition) is 1. The Hall–Kier alpha value is -10.7. The van der Waals surface area contributed by atoms with Crippen molar-refractivity contribution >= 4 is 50.2 Å². The number of rotatable bonds is 14. The third-order valence-corrected chi connectivity index (χ3v) is 15.8. The van der Waals surface area contributed by atoms with Crippen LogP contribution in [0.4, 0.5) is 0 Å². The topological polar surface area (TPSA) is 108 Å². The van der Waals surface area contributed by atoms with Crippen molar-refractivity contribution in [3.63, 3.8) is 0 Å². The van der Waals surface area contributed by atoms with Gasteiger partial charge in [-0.1, -0.05) is 207 Å². The molecule has 11 aromatic rings. The van der Waals surface area contributed by atoms with Crippen molar-refractivity contribution in [1.82, 2.24) is 0 Å². The number of aliphatic hydroxyl groups is 1. The van der Waals surface area contributed by atoms with Crippen LogP contribution in [0.1, 0.15) is 44.5 Å². The molecule has 2 aliphatic rings. The van der Waals surface area contributed by atoms with Crippen molar-refractivity contribution in [2.24, 2.45) is 0 Å². The lowest BCUT2D eigenvalue weighted by molar-refractivity contribution is -0.130. The van der Waals surface area contributed by atoms with Gasteiger partial charge in [-0.2, -0.15) is 0 Å². The van der Waals surface area contributed by atoms with E-state index in [0.717, 1.165) is 105 Å². The summed E-state index contributed by atoms with van der Waals surface area (Å²) in [7, 11) is 0. The Kier molecular flexibility index (Phi) is 12.9. The first-order chi connectivity index (χ1) is 40.2. The van der Waals surface area contributed by atoms with E-state index >= 15 is 0 Å². The molecule has 8 nitrogen and oxygen atoms in total. The molecule has 0 heterocycles. The van der Waals surface area contributed by atoms with Crippen LogP contribution >= 0.6 is 0 Å². The number of aliphatic hydroxyl groups excluding tert-OH is 1. The molecule has 0 amide bonds. The monoisotopic (exact) mass is 1070 g/mol. The molecule has 0 fully saturated rings. The summed E-state index contributed by atoms with van der Waals surface area (Å²) in [5, 5.41) is 16.9. The highest BCUT2D eigenvalue weighted by atomic mass is 16.6. The van der Waals surface area contributed by atoms with Crippen LogP contribution in [0.5, 0.6) is 23.0 Å². The fourth-order valence-electron chi connectivity index (χ4n) is 12.5. The van der Waals surface area contributed by atoms with Crippen molar-refractivity contribution in [2.45, 2.75) is 17.1 Å². The van der Waals surface area contributed by atoms with Gasteiger partial charge >= 0.3 is 17.9 Å². The number of fused-ring (bicyclic) bond motifs is 12. The molecule has 0 saturated heterocycles. The van der Waals surface area contributed by atoms with E-state index in [4.69, 9.17) is 18.9 Å². The smallest absolute Gasteiger partial charge is 0.336 e. The molecular weight excluding hydrogens is 1020 g/mol. The van der Waals surface area contributed by atoms with Gasteiger partial charge in [0, 0.05) is 18.2 Å². The van der Waals surface area contributed by atoms with Gasteiger partial charge in [-0.25, -0.2) is 14.4 Å². The molecule has 394 valence electrons. The molecule has 0 spiro atoms. The van der Waals surface area contributed by atoms with E-state index < -0.39 is 35.0 Å². The quantitative estimate of drug-likeness (QED) is 0.0286. The summed E-state index contributed by atoms with van der Waals surface area (Å²) in [6.07, 6.45) is 6.67. The first-order valence-corrected chi connectivity index (χ1v) is 26.9. The molecule has 2 atom stereocenters. The second-order valence-corrected chi connectivity index (χ2v) is 20.2. The standard InChI is InChI=1S/C74H50O8/c1-3-66(75)79-54-36-28-50(29-37-54)73(65-22-12-11-21-61(65)62-44-25-47-15-5-8-18-58(47)70(62)73)51-30-38-56(39-31-51)81-68(77)23-13-14-24-69(78)82-57-42-34-53(35-43-57)74(52-32-40-55(41-33-52)80-67(76)4-2)71-59-19-9-6-16-48(59)26-45-63(71)64-46-27-49-17-7-10-20-60(49)72(64)74/h3-46,67,76H,1-2H2/b23-13+,24-14+. The molecule has 1 N–H and O–H groups in total. The van der Waals surface area contributed by atoms with Crippen molar-refractivity contribution in [3.05, 3.63) is 325 Å². The number of benzene rings is 11. The maximum atomic E-state index is 13.4. The van der Waals surface area contributed by atoms with Gasteiger partial charge in [-0.15, -0.1) is 0 Å². The highest BCUT2D eigenvalue weighted by Gasteiger charge is 2.49. The zero-order valence-corrected chi connectivity index (χ0v) is 44.2. The first-order valence-electron chi connectivity index (χ1n) is 26.9. The zero-order valence-electron chi connectivity index (χ0n) is 44.2. The summed E-state index contributed by atoms with van der Waals surface area (Å²) in [4.78, 5) is 38.8. The number of carbonyl (C=O) groups is 3. The van der Waals surface area contributed by atoms with E-state index in [1.165, 1.54) is 30.4 Å². The minimum atomic E-state index is -1.16. The Morgan fingerprint density at radius 1 is 0.378 bits per heavy atom.